The summed E-state index contributed by atoms with van der Waals surface area (Å²) in [6.07, 6.45) is 1.74. The van der Waals surface area contributed by atoms with Crippen LogP contribution in [0.1, 0.15) is 18.7 Å². The molecule has 1 saturated carbocycles. The van der Waals surface area contributed by atoms with Gasteiger partial charge in [-0.05, 0) is 37.3 Å². The molecule has 0 amide bonds. The Bertz CT molecular complexity index is 520. The van der Waals surface area contributed by atoms with Gasteiger partial charge in [-0.25, -0.2) is 0 Å². The van der Waals surface area contributed by atoms with Crippen LogP contribution in [0.15, 0.2) is 21.3 Å². The van der Waals surface area contributed by atoms with Crippen molar-refractivity contribution < 1.29 is 9.63 Å². The first-order chi connectivity index (χ1) is 9.20. The molecule has 1 fully saturated rings. The van der Waals surface area contributed by atoms with Gasteiger partial charge in [-0.2, -0.15) is 16.3 Å². The van der Waals surface area contributed by atoms with E-state index in [1.807, 2.05) is 23.9 Å². The van der Waals surface area contributed by atoms with E-state index in [9.17, 15) is 5.11 Å². The van der Waals surface area contributed by atoms with Crippen LogP contribution in [-0.2, 0) is 6.54 Å². The van der Waals surface area contributed by atoms with Crippen LogP contribution in [0.5, 0.6) is 0 Å². The monoisotopic (exact) mass is 279 g/mol. The number of aliphatic hydroxyl groups excluding tert-OH is 1. The van der Waals surface area contributed by atoms with Crippen molar-refractivity contribution in [1.29, 1.82) is 0 Å². The highest BCUT2D eigenvalue weighted by Crippen LogP contribution is 2.28. The van der Waals surface area contributed by atoms with Crippen molar-refractivity contribution in [2.75, 3.05) is 13.6 Å². The summed E-state index contributed by atoms with van der Waals surface area (Å²) in [6, 6.07) is 1.97. The maximum Gasteiger partial charge on any atom is 0.258 e. The van der Waals surface area contributed by atoms with E-state index in [4.69, 9.17) is 4.52 Å². The number of hydrogen-bond donors (Lipinski definition) is 1. The van der Waals surface area contributed by atoms with E-state index in [2.05, 4.69) is 15.0 Å². The molecule has 0 atom stereocenters. The first-order valence-corrected chi connectivity index (χ1v) is 7.37. The topological polar surface area (TPSA) is 62.4 Å². The average molecular weight is 279 g/mol. The summed E-state index contributed by atoms with van der Waals surface area (Å²) >= 11 is 1.61. The molecular weight excluding hydrogens is 262 g/mol. The third-order valence-electron chi connectivity index (χ3n) is 3.43. The number of thiophene rings is 1. The van der Waals surface area contributed by atoms with Gasteiger partial charge in [0, 0.05) is 11.9 Å². The summed E-state index contributed by atoms with van der Waals surface area (Å²) in [5, 5.41) is 17.3. The molecule has 6 heteroatoms. The van der Waals surface area contributed by atoms with Crippen LogP contribution in [0.3, 0.4) is 0 Å². The Kier molecular flexibility index (Phi) is 3.63. The molecule has 1 aliphatic carbocycles. The Balaban J connectivity index is 1.55. The lowest BCUT2D eigenvalue weighted by Crippen LogP contribution is -2.36. The number of nitrogens with zero attached hydrogens (tertiary/aromatic N) is 3. The summed E-state index contributed by atoms with van der Waals surface area (Å²) in [6.45, 7) is 1.65. The van der Waals surface area contributed by atoms with E-state index in [-0.39, 0.29) is 6.10 Å². The summed E-state index contributed by atoms with van der Waals surface area (Å²) in [4.78, 5) is 6.58. The maximum atomic E-state index is 9.27. The second-order valence-electron chi connectivity index (χ2n) is 5.22. The number of rotatable bonds is 5. The van der Waals surface area contributed by atoms with Crippen molar-refractivity contribution >= 4 is 11.3 Å². The zero-order valence-corrected chi connectivity index (χ0v) is 11.6. The van der Waals surface area contributed by atoms with Crippen molar-refractivity contribution in [1.82, 2.24) is 15.0 Å². The molecular formula is C13H17N3O2S. The highest BCUT2D eigenvalue weighted by molar-refractivity contribution is 7.08. The van der Waals surface area contributed by atoms with Crippen molar-refractivity contribution in [3.63, 3.8) is 0 Å². The lowest BCUT2D eigenvalue weighted by Gasteiger charge is -2.34. The normalized spacial score (nSPS) is 22.7. The van der Waals surface area contributed by atoms with Gasteiger partial charge in [-0.15, -0.1) is 0 Å². The Morgan fingerprint density at radius 2 is 2.37 bits per heavy atom. The molecule has 0 radical (unpaired) electrons. The molecule has 3 rings (SSSR count). The van der Waals surface area contributed by atoms with E-state index >= 15 is 0 Å². The number of hydrogen-bond acceptors (Lipinski definition) is 6. The van der Waals surface area contributed by atoms with E-state index in [0.717, 1.165) is 24.9 Å². The molecule has 1 aliphatic rings. The van der Waals surface area contributed by atoms with Gasteiger partial charge in [0.2, 0.25) is 0 Å². The van der Waals surface area contributed by atoms with Crippen LogP contribution in [-0.4, -0.2) is 39.8 Å². The molecule has 102 valence electrons. The SMILES string of the molecule is CN(Cc1noc(-c2ccsc2)n1)CC1CC(O)C1. The summed E-state index contributed by atoms with van der Waals surface area (Å²) in [7, 11) is 2.05. The molecule has 19 heavy (non-hydrogen) atoms. The standard InChI is InChI=1S/C13H17N3O2S/c1-16(6-9-4-11(17)5-9)7-12-14-13(18-15-12)10-2-3-19-8-10/h2-3,8-9,11,17H,4-7H2,1H3. The second kappa shape index (κ2) is 5.40. The summed E-state index contributed by atoms with van der Waals surface area (Å²) < 4.78 is 5.25. The predicted molar refractivity (Wildman–Crippen MR) is 72.7 cm³/mol. The summed E-state index contributed by atoms with van der Waals surface area (Å²) in [5.41, 5.74) is 0.980. The van der Waals surface area contributed by atoms with Crippen molar-refractivity contribution in [3.05, 3.63) is 22.7 Å². The zero-order valence-electron chi connectivity index (χ0n) is 10.8. The van der Waals surface area contributed by atoms with Crippen LogP contribution in [0.25, 0.3) is 11.5 Å². The van der Waals surface area contributed by atoms with Gasteiger partial charge in [0.05, 0.1) is 18.2 Å². The van der Waals surface area contributed by atoms with E-state index in [1.54, 1.807) is 11.3 Å². The molecule has 0 unspecified atom stereocenters. The largest absolute Gasteiger partial charge is 0.393 e. The third kappa shape index (κ3) is 3.02. The average Bonchev–Trinajstić information content (AvgIpc) is 2.96. The second-order valence-corrected chi connectivity index (χ2v) is 6.00. The van der Waals surface area contributed by atoms with Crippen LogP contribution >= 0.6 is 11.3 Å². The molecule has 0 spiro atoms. The van der Waals surface area contributed by atoms with E-state index in [0.29, 0.717) is 24.2 Å². The van der Waals surface area contributed by atoms with Crippen molar-refractivity contribution in [2.24, 2.45) is 5.92 Å². The quantitative estimate of drug-likeness (QED) is 0.907. The molecule has 5 nitrogen and oxygen atoms in total. The fraction of sp³-hybridized carbons (Fsp3) is 0.538. The van der Waals surface area contributed by atoms with Gasteiger partial charge in [-0.3, -0.25) is 4.90 Å². The Morgan fingerprint density at radius 1 is 1.53 bits per heavy atom. The molecule has 0 aromatic carbocycles. The van der Waals surface area contributed by atoms with Gasteiger partial charge in [0.25, 0.3) is 5.89 Å². The van der Waals surface area contributed by atoms with E-state index < -0.39 is 0 Å². The first kappa shape index (κ1) is 12.8. The first-order valence-electron chi connectivity index (χ1n) is 6.42. The fourth-order valence-corrected chi connectivity index (χ4v) is 3.05. The van der Waals surface area contributed by atoms with Crippen molar-refractivity contribution in [2.45, 2.75) is 25.5 Å². The van der Waals surface area contributed by atoms with Gasteiger partial charge in [0.15, 0.2) is 5.82 Å². The third-order valence-corrected chi connectivity index (χ3v) is 4.11. The predicted octanol–water partition coefficient (Wildman–Crippen LogP) is 2.00. The fourth-order valence-electron chi connectivity index (χ4n) is 2.42. The lowest BCUT2D eigenvalue weighted by molar-refractivity contribution is 0.0270. The Morgan fingerprint density at radius 3 is 3.05 bits per heavy atom. The highest BCUT2D eigenvalue weighted by atomic mass is 32.1. The minimum atomic E-state index is -0.0891. The molecule has 0 aliphatic heterocycles. The zero-order chi connectivity index (χ0) is 13.2. The van der Waals surface area contributed by atoms with Crippen LogP contribution in [0, 0.1) is 5.92 Å². The van der Waals surface area contributed by atoms with Crippen LogP contribution in [0.4, 0.5) is 0 Å². The Hall–Kier alpha value is -1.24. The molecule has 0 saturated heterocycles. The number of aromatic nitrogens is 2. The summed E-state index contributed by atoms with van der Waals surface area (Å²) in [5.74, 6) is 1.90. The van der Waals surface area contributed by atoms with E-state index in [1.165, 1.54) is 0 Å². The maximum absolute atomic E-state index is 9.27. The van der Waals surface area contributed by atoms with Crippen LogP contribution < -0.4 is 0 Å². The van der Waals surface area contributed by atoms with Gasteiger partial charge in [-0.1, -0.05) is 5.16 Å². The molecule has 0 bridgehead atoms. The van der Waals surface area contributed by atoms with Crippen molar-refractivity contribution in [3.8, 4) is 11.5 Å². The van der Waals surface area contributed by atoms with Gasteiger partial charge in [0.1, 0.15) is 0 Å². The van der Waals surface area contributed by atoms with Gasteiger partial charge >= 0.3 is 0 Å². The lowest BCUT2D eigenvalue weighted by atomic mass is 9.82. The molecule has 2 aromatic heterocycles. The minimum absolute atomic E-state index is 0.0891. The molecule has 2 heterocycles. The Labute approximate surface area is 115 Å². The highest BCUT2D eigenvalue weighted by Gasteiger charge is 2.28. The smallest absolute Gasteiger partial charge is 0.258 e. The number of aliphatic hydroxyl groups is 1. The minimum Gasteiger partial charge on any atom is -0.393 e. The molecule has 2 aromatic rings. The van der Waals surface area contributed by atoms with Gasteiger partial charge < -0.3 is 9.63 Å². The molecule has 1 N–H and O–H groups in total. The van der Waals surface area contributed by atoms with Crippen LogP contribution in [0.2, 0.25) is 0 Å².